The number of amides is 1. The van der Waals surface area contributed by atoms with Crippen LogP contribution in [0.2, 0.25) is 0 Å². The lowest BCUT2D eigenvalue weighted by molar-refractivity contribution is 0.102. The summed E-state index contributed by atoms with van der Waals surface area (Å²) in [4.78, 5) is 12.8. The summed E-state index contributed by atoms with van der Waals surface area (Å²) in [6, 6.07) is 26.6. The Morgan fingerprint density at radius 2 is 1.60 bits per heavy atom. The summed E-state index contributed by atoms with van der Waals surface area (Å²) in [5.41, 5.74) is 1.97. The fourth-order valence-electron chi connectivity index (χ4n) is 3.02. The number of hydrogen-bond acceptors (Lipinski definition) is 5. The van der Waals surface area contributed by atoms with Gasteiger partial charge in [0.2, 0.25) is 0 Å². The maximum Gasteiger partial charge on any atom is 0.259 e. The summed E-state index contributed by atoms with van der Waals surface area (Å²) >= 11 is 0. The lowest BCUT2D eigenvalue weighted by Crippen LogP contribution is -2.12. The predicted molar refractivity (Wildman–Crippen MR) is 115 cm³/mol. The second-order valence-corrected chi connectivity index (χ2v) is 6.52. The third kappa shape index (κ3) is 3.86. The minimum atomic E-state index is -0.445. The monoisotopic (exact) mass is 392 g/mol. The van der Waals surface area contributed by atoms with Gasteiger partial charge in [-0.2, -0.15) is 10.4 Å². The van der Waals surface area contributed by atoms with Crippen molar-refractivity contribution in [3.63, 3.8) is 0 Å². The molecule has 4 aromatic carbocycles. The van der Waals surface area contributed by atoms with Crippen molar-refractivity contribution in [3.8, 4) is 11.8 Å². The number of rotatable bonds is 4. The van der Waals surface area contributed by atoms with Crippen molar-refractivity contribution in [2.24, 2.45) is 10.2 Å². The van der Waals surface area contributed by atoms with E-state index in [9.17, 15) is 9.90 Å². The van der Waals surface area contributed by atoms with Gasteiger partial charge < -0.3 is 10.4 Å². The number of phenolic OH excluding ortho intramolecular Hbond substituents is 1. The zero-order chi connectivity index (χ0) is 20.9. The number of azo groups is 1. The van der Waals surface area contributed by atoms with Crippen LogP contribution in [0.3, 0.4) is 0 Å². The Morgan fingerprint density at radius 1 is 0.900 bits per heavy atom. The Kier molecular flexibility index (Phi) is 5.18. The van der Waals surface area contributed by atoms with Crippen LogP contribution in [-0.4, -0.2) is 11.0 Å². The molecule has 0 aliphatic rings. The Labute approximate surface area is 172 Å². The van der Waals surface area contributed by atoms with Gasteiger partial charge in [0.15, 0.2) is 5.75 Å². The van der Waals surface area contributed by atoms with E-state index in [4.69, 9.17) is 5.26 Å². The largest absolute Gasteiger partial charge is 0.505 e. The van der Waals surface area contributed by atoms with Gasteiger partial charge in [-0.25, -0.2) is 0 Å². The first-order valence-electron chi connectivity index (χ1n) is 9.19. The van der Waals surface area contributed by atoms with Crippen LogP contribution < -0.4 is 5.32 Å². The zero-order valence-corrected chi connectivity index (χ0v) is 15.8. The normalized spacial score (nSPS) is 10.8. The van der Waals surface area contributed by atoms with Gasteiger partial charge in [0, 0.05) is 11.1 Å². The molecule has 2 N–H and O–H groups in total. The number of hydrogen-bond donors (Lipinski definition) is 2. The van der Waals surface area contributed by atoms with E-state index in [-0.39, 0.29) is 17.0 Å². The van der Waals surface area contributed by atoms with Gasteiger partial charge in [0.1, 0.15) is 5.69 Å². The topological polar surface area (TPSA) is 97.8 Å². The van der Waals surface area contributed by atoms with Gasteiger partial charge in [0.25, 0.3) is 5.91 Å². The van der Waals surface area contributed by atoms with E-state index >= 15 is 0 Å². The molecule has 0 saturated heterocycles. The first-order chi connectivity index (χ1) is 14.7. The molecular weight excluding hydrogens is 376 g/mol. The number of carbonyl (C=O) groups excluding carboxylic acids is 1. The number of anilines is 1. The predicted octanol–water partition coefficient (Wildman–Crippen LogP) is 6.08. The zero-order valence-electron chi connectivity index (χ0n) is 15.8. The van der Waals surface area contributed by atoms with Gasteiger partial charge in [-0.1, -0.05) is 42.5 Å². The minimum absolute atomic E-state index is 0.103. The van der Waals surface area contributed by atoms with Crippen molar-refractivity contribution in [2.45, 2.75) is 0 Å². The van der Waals surface area contributed by atoms with E-state index in [1.54, 1.807) is 48.5 Å². The summed E-state index contributed by atoms with van der Waals surface area (Å²) in [7, 11) is 0. The Bertz CT molecular complexity index is 1290. The number of para-hydroxylation sites is 1. The SMILES string of the molecule is N#Cc1ccc(N=Nc2c(O)c(C(=O)Nc3ccccc3)cc3ccccc23)cc1. The maximum absolute atomic E-state index is 12.8. The molecule has 0 saturated carbocycles. The average molecular weight is 392 g/mol. The molecule has 30 heavy (non-hydrogen) atoms. The number of aromatic hydroxyl groups is 1. The van der Waals surface area contributed by atoms with Crippen molar-refractivity contribution >= 4 is 33.7 Å². The fraction of sp³-hybridized carbons (Fsp3) is 0. The molecule has 0 bridgehead atoms. The minimum Gasteiger partial charge on any atom is -0.505 e. The number of phenols is 1. The number of benzene rings is 4. The van der Waals surface area contributed by atoms with Gasteiger partial charge in [-0.05, 0) is 47.9 Å². The number of nitrogens with one attached hydrogen (secondary N) is 1. The van der Waals surface area contributed by atoms with Crippen LogP contribution in [0.1, 0.15) is 15.9 Å². The molecule has 0 fully saturated rings. The van der Waals surface area contributed by atoms with E-state index < -0.39 is 5.91 Å². The highest BCUT2D eigenvalue weighted by atomic mass is 16.3. The first-order valence-corrected chi connectivity index (χ1v) is 9.19. The highest BCUT2D eigenvalue weighted by Gasteiger charge is 2.18. The van der Waals surface area contributed by atoms with Crippen LogP contribution in [0, 0.1) is 11.3 Å². The first kappa shape index (κ1) is 18.8. The number of carbonyl (C=O) groups is 1. The summed E-state index contributed by atoms with van der Waals surface area (Å²) in [5, 5.41) is 32.3. The third-order valence-corrected chi connectivity index (χ3v) is 4.53. The summed E-state index contributed by atoms with van der Waals surface area (Å²) in [5.74, 6) is -0.696. The van der Waals surface area contributed by atoms with Gasteiger partial charge in [-0.15, -0.1) is 5.11 Å². The highest BCUT2D eigenvalue weighted by molar-refractivity contribution is 6.11. The highest BCUT2D eigenvalue weighted by Crippen LogP contribution is 2.39. The molecule has 6 nitrogen and oxygen atoms in total. The molecule has 0 spiro atoms. The molecule has 0 atom stereocenters. The van der Waals surface area contributed by atoms with E-state index in [1.165, 1.54) is 0 Å². The lowest BCUT2D eigenvalue weighted by atomic mass is 10.0. The van der Waals surface area contributed by atoms with Crippen LogP contribution in [-0.2, 0) is 0 Å². The fourth-order valence-corrected chi connectivity index (χ4v) is 3.02. The molecule has 0 aromatic heterocycles. The molecule has 4 rings (SSSR count). The van der Waals surface area contributed by atoms with Crippen molar-refractivity contribution in [1.29, 1.82) is 5.26 Å². The van der Waals surface area contributed by atoms with E-state index in [0.29, 0.717) is 22.3 Å². The summed E-state index contributed by atoms with van der Waals surface area (Å²) in [6.07, 6.45) is 0. The summed E-state index contributed by atoms with van der Waals surface area (Å²) in [6.45, 7) is 0. The van der Waals surface area contributed by atoms with Crippen molar-refractivity contribution < 1.29 is 9.90 Å². The lowest BCUT2D eigenvalue weighted by Gasteiger charge is -2.11. The molecule has 0 radical (unpaired) electrons. The molecule has 4 aromatic rings. The molecule has 0 unspecified atom stereocenters. The van der Waals surface area contributed by atoms with Crippen LogP contribution >= 0.6 is 0 Å². The van der Waals surface area contributed by atoms with Crippen LogP contribution in [0.25, 0.3) is 10.8 Å². The van der Waals surface area contributed by atoms with Gasteiger partial charge >= 0.3 is 0 Å². The molecular formula is C24H16N4O2. The van der Waals surface area contributed by atoms with E-state index in [1.807, 2.05) is 42.5 Å². The molecule has 144 valence electrons. The van der Waals surface area contributed by atoms with Crippen molar-refractivity contribution in [1.82, 2.24) is 0 Å². The summed E-state index contributed by atoms with van der Waals surface area (Å²) < 4.78 is 0. The quantitative estimate of drug-likeness (QED) is 0.411. The smallest absolute Gasteiger partial charge is 0.259 e. The van der Waals surface area contributed by atoms with Crippen LogP contribution in [0.5, 0.6) is 5.75 Å². The molecule has 0 aliphatic carbocycles. The third-order valence-electron chi connectivity index (χ3n) is 4.53. The second-order valence-electron chi connectivity index (χ2n) is 6.52. The van der Waals surface area contributed by atoms with Gasteiger partial charge in [-0.3, -0.25) is 4.79 Å². The van der Waals surface area contributed by atoms with Crippen LogP contribution in [0.4, 0.5) is 17.1 Å². The molecule has 0 aliphatic heterocycles. The Hall–Kier alpha value is -4.50. The maximum atomic E-state index is 12.8. The van der Waals surface area contributed by atoms with Crippen molar-refractivity contribution in [3.05, 3.63) is 96.1 Å². The molecule has 0 heterocycles. The Balaban J connectivity index is 1.76. The Morgan fingerprint density at radius 3 is 2.33 bits per heavy atom. The van der Waals surface area contributed by atoms with E-state index in [0.717, 1.165) is 5.39 Å². The molecule has 1 amide bonds. The number of nitriles is 1. The standard InChI is InChI=1S/C24H16N4O2/c25-15-16-10-12-19(13-11-16)27-28-22-20-9-5-4-6-17(20)14-21(23(22)29)24(30)26-18-7-2-1-3-8-18/h1-14,29H,(H,26,30). The van der Waals surface area contributed by atoms with Gasteiger partial charge in [0.05, 0.1) is 22.9 Å². The number of nitrogens with zero attached hydrogens (tertiary/aromatic N) is 3. The average Bonchev–Trinajstić information content (AvgIpc) is 2.79. The molecule has 6 heteroatoms. The van der Waals surface area contributed by atoms with Crippen molar-refractivity contribution in [2.75, 3.05) is 5.32 Å². The number of fused-ring (bicyclic) bond motifs is 1. The van der Waals surface area contributed by atoms with E-state index in [2.05, 4.69) is 15.5 Å². The van der Waals surface area contributed by atoms with Crippen LogP contribution in [0.15, 0.2) is 95.2 Å². The second kappa shape index (κ2) is 8.25.